The van der Waals surface area contributed by atoms with Gasteiger partial charge < -0.3 is 15.4 Å². The van der Waals surface area contributed by atoms with Crippen LogP contribution in [0, 0.1) is 5.82 Å². The number of anilines is 1. The van der Waals surface area contributed by atoms with Gasteiger partial charge in [0.05, 0.1) is 5.69 Å². The summed E-state index contributed by atoms with van der Waals surface area (Å²) in [6.45, 7) is 0.697. The number of rotatable bonds is 5. The zero-order valence-corrected chi connectivity index (χ0v) is 14.4. The summed E-state index contributed by atoms with van der Waals surface area (Å²) < 4.78 is 19.7. The topological polar surface area (TPSA) is 33.3 Å². The van der Waals surface area contributed by atoms with Crippen molar-refractivity contribution in [3.63, 3.8) is 0 Å². The smallest absolute Gasteiger partial charge is 0.171 e. The lowest BCUT2D eigenvalue weighted by atomic mass is 9.94. The average molecular weight is 375 g/mol. The second-order valence-corrected chi connectivity index (χ2v) is 6.76. The maximum atomic E-state index is 13.8. The van der Waals surface area contributed by atoms with Crippen molar-refractivity contribution < 1.29 is 9.13 Å². The van der Waals surface area contributed by atoms with Crippen LogP contribution in [0.5, 0.6) is 0 Å². The number of methoxy groups -OCH3 is 1. The molecule has 0 radical (unpaired) electrons. The van der Waals surface area contributed by atoms with Crippen LogP contribution in [0.15, 0.2) is 22.7 Å². The molecule has 0 saturated heterocycles. The molecule has 1 fully saturated rings. The summed E-state index contributed by atoms with van der Waals surface area (Å²) in [7, 11) is 1.70. The number of halogens is 2. The fraction of sp³-hybridized carbons (Fsp3) is 0.533. The van der Waals surface area contributed by atoms with Gasteiger partial charge in [-0.3, -0.25) is 0 Å². The van der Waals surface area contributed by atoms with Crippen LogP contribution >= 0.6 is 28.1 Å². The highest BCUT2D eigenvalue weighted by Crippen LogP contribution is 2.32. The second-order valence-electron chi connectivity index (χ2n) is 5.43. The molecule has 2 N–H and O–H groups in total. The van der Waals surface area contributed by atoms with E-state index in [0.717, 1.165) is 19.3 Å². The summed E-state index contributed by atoms with van der Waals surface area (Å²) in [4.78, 5) is 0. The second kappa shape index (κ2) is 7.51. The Labute approximate surface area is 138 Å². The molecule has 116 valence electrons. The highest BCUT2D eigenvalue weighted by molar-refractivity contribution is 9.10. The summed E-state index contributed by atoms with van der Waals surface area (Å²) in [5.41, 5.74) is 0.363. The van der Waals surface area contributed by atoms with E-state index in [9.17, 15) is 4.39 Å². The standard InChI is InChI=1S/C15H20BrFN2OS/c1-20-9-8-15(6-2-3-7-15)19-14(21)18-13-5-4-11(16)10-12(13)17/h4-5,10H,2-3,6-9H2,1H3,(H2,18,19,21). The molecule has 6 heteroatoms. The Morgan fingerprint density at radius 3 is 2.76 bits per heavy atom. The molecule has 1 aliphatic rings. The molecule has 21 heavy (non-hydrogen) atoms. The number of ether oxygens (including phenoxy) is 1. The van der Waals surface area contributed by atoms with Gasteiger partial charge in [0.2, 0.25) is 0 Å². The summed E-state index contributed by atoms with van der Waals surface area (Å²) in [6.07, 6.45) is 5.42. The first-order valence-electron chi connectivity index (χ1n) is 7.08. The van der Waals surface area contributed by atoms with E-state index < -0.39 is 0 Å². The third kappa shape index (κ3) is 4.63. The minimum absolute atomic E-state index is 0.0219. The van der Waals surface area contributed by atoms with Gasteiger partial charge >= 0.3 is 0 Å². The molecular formula is C15H20BrFN2OS. The van der Waals surface area contributed by atoms with E-state index in [4.69, 9.17) is 17.0 Å². The Hall–Kier alpha value is -0.720. The van der Waals surface area contributed by atoms with Crippen molar-refractivity contribution in [3.05, 3.63) is 28.5 Å². The molecule has 1 aromatic carbocycles. The Morgan fingerprint density at radius 2 is 2.14 bits per heavy atom. The van der Waals surface area contributed by atoms with Crippen LogP contribution in [0.1, 0.15) is 32.1 Å². The molecule has 1 aromatic rings. The maximum absolute atomic E-state index is 13.8. The van der Waals surface area contributed by atoms with Crippen LogP contribution in [-0.2, 0) is 4.74 Å². The van der Waals surface area contributed by atoms with E-state index in [1.165, 1.54) is 18.9 Å². The number of thiocarbonyl (C=S) groups is 1. The fourth-order valence-corrected chi connectivity index (χ4v) is 3.43. The van der Waals surface area contributed by atoms with Crippen molar-refractivity contribution in [1.82, 2.24) is 5.32 Å². The molecule has 0 unspecified atom stereocenters. The number of hydrogen-bond donors (Lipinski definition) is 2. The van der Waals surface area contributed by atoms with Crippen LogP contribution in [0.2, 0.25) is 0 Å². The van der Waals surface area contributed by atoms with E-state index in [1.807, 2.05) is 0 Å². The Bertz CT molecular complexity index is 506. The highest BCUT2D eigenvalue weighted by atomic mass is 79.9. The first kappa shape index (κ1) is 16.6. The number of benzene rings is 1. The molecule has 0 aliphatic heterocycles. The Balaban J connectivity index is 1.99. The van der Waals surface area contributed by atoms with E-state index in [1.54, 1.807) is 19.2 Å². The molecule has 2 rings (SSSR count). The first-order valence-corrected chi connectivity index (χ1v) is 8.28. The molecule has 1 saturated carbocycles. The van der Waals surface area contributed by atoms with Crippen LogP contribution in [0.4, 0.5) is 10.1 Å². The van der Waals surface area contributed by atoms with Crippen LogP contribution in [0.3, 0.4) is 0 Å². The third-order valence-corrected chi connectivity index (χ3v) is 4.60. The van der Waals surface area contributed by atoms with E-state index in [0.29, 0.717) is 21.9 Å². The number of nitrogens with one attached hydrogen (secondary N) is 2. The van der Waals surface area contributed by atoms with E-state index >= 15 is 0 Å². The molecular weight excluding hydrogens is 355 g/mol. The average Bonchev–Trinajstić information content (AvgIpc) is 2.88. The van der Waals surface area contributed by atoms with Gasteiger partial charge in [-0.25, -0.2) is 4.39 Å². The molecule has 1 aliphatic carbocycles. The Kier molecular flexibility index (Phi) is 5.96. The van der Waals surface area contributed by atoms with Crippen molar-refractivity contribution in [3.8, 4) is 0 Å². The van der Waals surface area contributed by atoms with Crippen molar-refractivity contribution in [2.75, 3.05) is 19.0 Å². The van der Waals surface area contributed by atoms with E-state index in [-0.39, 0.29) is 11.4 Å². The molecule has 0 spiro atoms. The van der Waals surface area contributed by atoms with Gasteiger partial charge in [-0.15, -0.1) is 0 Å². The van der Waals surface area contributed by atoms with Gasteiger partial charge in [-0.2, -0.15) is 0 Å². The maximum Gasteiger partial charge on any atom is 0.171 e. The predicted molar refractivity (Wildman–Crippen MR) is 91.1 cm³/mol. The van der Waals surface area contributed by atoms with Crippen LogP contribution in [0.25, 0.3) is 0 Å². The van der Waals surface area contributed by atoms with Crippen molar-refractivity contribution in [1.29, 1.82) is 0 Å². The molecule has 0 heterocycles. The molecule has 0 amide bonds. The number of hydrogen-bond acceptors (Lipinski definition) is 2. The predicted octanol–water partition coefficient (Wildman–Crippen LogP) is 4.22. The summed E-state index contributed by atoms with van der Waals surface area (Å²) in [6, 6.07) is 4.87. The largest absolute Gasteiger partial charge is 0.385 e. The van der Waals surface area contributed by atoms with Gasteiger partial charge in [0.15, 0.2) is 5.11 Å². The van der Waals surface area contributed by atoms with Gasteiger partial charge in [0, 0.05) is 23.7 Å². The van der Waals surface area contributed by atoms with Gasteiger partial charge in [0.1, 0.15) is 5.82 Å². The lowest BCUT2D eigenvalue weighted by molar-refractivity contribution is 0.163. The van der Waals surface area contributed by atoms with Crippen molar-refractivity contribution >= 4 is 38.9 Å². The molecule has 0 aromatic heterocycles. The third-order valence-electron chi connectivity index (χ3n) is 3.90. The SMILES string of the molecule is COCCC1(NC(=S)Nc2ccc(Br)cc2F)CCCC1. The minimum atomic E-state index is -0.328. The Morgan fingerprint density at radius 1 is 1.43 bits per heavy atom. The summed E-state index contributed by atoms with van der Waals surface area (Å²) >= 11 is 8.59. The highest BCUT2D eigenvalue weighted by Gasteiger charge is 2.34. The monoisotopic (exact) mass is 374 g/mol. The fourth-order valence-electron chi connectivity index (χ4n) is 2.77. The molecule has 0 atom stereocenters. The van der Waals surface area contributed by atoms with Crippen molar-refractivity contribution in [2.45, 2.75) is 37.6 Å². The summed E-state index contributed by atoms with van der Waals surface area (Å²) in [5.74, 6) is -0.328. The minimum Gasteiger partial charge on any atom is -0.385 e. The summed E-state index contributed by atoms with van der Waals surface area (Å²) in [5, 5.41) is 6.80. The quantitative estimate of drug-likeness (QED) is 0.755. The van der Waals surface area contributed by atoms with E-state index in [2.05, 4.69) is 26.6 Å². The first-order chi connectivity index (χ1) is 10.0. The zero-order chi connectivity index (χ0) is 15.3. The normalized spacial score (nSPS) is 16.7. The van der Waals surface area contributed by atoms with Crippen molar-refractivity contribution in [2.24, 2.45) is 0 Å². The van der Waals surface area contributed by atoms with Crippen LogP contribution < -0.4 is 10.6 Å². The zero-order valence-electron chi connectivity index (χ0n) is 12.0. The van der Waals surface area contributed by atoms with Gasteiger partial charge in [-0.05, 0) is 49.7 Å². The van der Waals surface area contributed by atoms with Crippen LogP contribution in [-0.4, -0.2) is 24.4 Å². The molecule has 0 bridgehead atoms. The lowest BCUT2D eigenvalue weighted by Gasteiger charge is -2.31. The lowest BCUT2D eigenvalue weighted by Crippen LogP contribution is -2.48. The van der Waals surface area contributed by atoms with Gasteiger partial charge in [-0.1, -0.05) is 28.8 Å². The van der Waals surface area contributed by atoms with Gasteiger partial charge in [0.25, 0.3) is 0 Å². The molecule has 3 nitrogen and oxygen atoms in total.